The van der Waals surface area contributed by atoms with Crippen LogP contribution < -0.4 is 16.0 Å². The molecule has 0 radical (unpaired) electrons. The number of aromatic nitrogens is 1. The standard InChI is InChI=1S/C33H27FN4O3S2/c1-2-28(32(41)38-33-37-26-17-8-9-18-29(26)43-33)42-24-15-10-14-23(20-24)35-31(40)27(19-22-13-6-7-16-25(22)34)36-30(39)21-11-4-3-5-12-21/h3-20,28H,2H2,1H3,(H,35,40)(H,36,39)(H,37,38,41)/b27-19-. The molecule has 3 N–H and O–H groups in total. The maximum absolute atomic E-state index is 14.4. The van der Waals surface area contributed by atoms with Crippen molar-refractivity contribution in [3.05, 3.63) is 126 Å². The zero-order valence-electron chi connectivity index (χ0n) is 23.0. The van der Waals surface area contributed by atoms with Crippen LogP contribution in [0.1, 0.15) is 29.3 Å². The van der Waals surface area contributed by atoms with Gasteiger partial charge in [0.2, 0.25) is 5.91 Å². The van der Waals surface area contributed by atoms with Gasteiger partial charge in [0.15, 0.2) is 5.13 Å². The number of nitrogens with zero attached hydrogens (tertiary/aromatic N) is 1. The molecule has 5 aromatic rings. The number of carbonyl (C=O) groups is 3. The summed E-state index contributed by atoms with van der Waals surface area (Å²) in [6.45, 7) is 1.93. The first-order chi connectivity index (χ1) is 20.9. The molecule has 0 fully saturated rings. The first-order valence-electron chi connectivity index (χ1n) is 13.5. The number of hydrogen-bond donors (Lipinski definition) is 3. The molecule has 1 atom stereocenters. The second-order valence-electron chi connectivity index (χ2n) is 9.37. The highest BCUT2D eigenvalue weighted by Crippen LogP contribution is 2.30. The summed E-state index contributed by atoms with van der Waals surface area (Å²) in [4.78, 5) is 44.6. The van der Waals surface area contributed by atoms with Crippen LogP contribution in [-0.2, 0) is 9.59 Å². The van der Waals surface area contributed by atoms with Crippen molar-refractivity contribution in [2.45, 2.75) is 23.5 Å². The van der Waals surface area contributed by atoms with Crippen molar-refractivity contribution in [2.75, 3.05) is 10.6 Å². The largest absolute Gasteiger partial charge is 0.321 e. The molecule has 5 rings (SSSR count). The van der Waals surface area contributed by atoms with E-state index in [1.165, 1.54) is 41.3 Å². The smallest absolute Gasteiger partial charge is 0.272 e. The second-order valence-corrected chi connectivity index (χ2v) is 11.7. The van der Waals surface area contributed by atoms with E-state index in [1.54, 1.807) is 60.7 Å². The van der Waals surface area contributed by atoms with E-state index in [9.17, 15) is 18.8 Å². The molecule has 1 unspecified atom stereocenters. The summed E-state index contributed by atoms with van der Waals surface area (Å²) in [5, 5.41) is 8.46. The quantitative estimate of drug-likeness (QED) is 0.113. The molecule has 0 spiro atoms. The van der Waals surface area contributed by atoms with Crippen LogP contribution in [0.2, 0.25) is 0 Å². The van der Waals surface area contributed by atoms with E-state index >= 15 is 0 Å². The Hall–Kier alpha value is -4.80. The maximum Gasteiger partial charge on any atom is 0.272 e. The van der Waals surface area contributed by atoms with Gasteiger partial charge in [-0.05, 0) is 61.0 Å². The number of anilines is 2. The first-order valence-corrected chi connectivity index (χ1v) is 15.2. The van der Waals surface area contributed by atoms with Crippen molar-refractivity contribution in [1.82, 2.24) is 10.3 Å². The SMILES string of the molecule is CCC(Sc1cccc(NC(=O)/C(=C/c2ccccc2F)NC(=O)c2ccccc2)c1)C(=O)Nc1nc2ccccc2s1. The summed E-state index contributed by atoms with van der Waals surface area (Å²) >= 11 is 2.78. The summed E-state index contributed by atoms with van der Waals surface area (Å²) in [7, 11) is 0. The third kappa shape index (κ3) is 7.73. The van der Waals surface area contributed by atoms with E-state index in [0.717, 1.165) is 15.1 Å². The molecule has 0 saturated carbocycles. The van der Waals surface area contributed by atoms with Gasteiger partial charge in [0.25, 0.3) is 11.8 Å². The minimum Gasteiger partial charge on any atom is -0.321 e. The molecule has 7 nitrogen and oxygen atoms in total. The van der Waals surface area contributed by atoms with Gasteiger partial charge in [-0.2, -0.15) is 0 Å². The Labute approximate surface area is 256 Å². The van der Waals surface area contributed by atoms with Crippen molar-refractivity contribution >= 4 is 67.9 Å². The van der Waals surface area contributed by atoms with E-state index in [0.29, 0.717) is 22.8 Å². The van der Waals surface area contributed by atoms with Gasteiger partial charge in [0.05, 0.1) is 15.5 Å². The van der Waals surface area contributed by atoms with Crippen LogP contribution in [0, 0.1) is 5.82 Å². The van der Waals surface area contributed by atoms with Crippen LogP contribution in [0.15, 0.2) is 114 Å². The minimum absolute atomic E-state index is 0.126. The molecule has 1 aromatic heterocycles. The predicted octanol–water partition coefficient (Wildman–Crippen LogP) is 7.35. The molecule has 10 heteroatoms. The normalized spacial score (nSPS) is 12.0. The summed E-state index contributed by atoms with van der Waals surface area (Å²) in [5.41, 5.74) is 1.65. The highest BCUT2D eigenvalue weighted by Gasteiger charge is 2.21. The zero-order valence-corrected chi connectivity index (χ0v) is 24.7. The molecular formula is C33H27FN4O3S2. The first kappa shape index (κ1) is 29.7. The molecule has 1 heterocycles. The number of thiazole rings is 1. The third-order valence-electron chi connectivity index (χ3n) is 6.29. The molecule has 0 aliphatic carbocycles. The Kier molecular flexibility index (Phi) is 9.60. The van der Waals surface area contributed by atoms with Gasteiger partial charge < -0.3 is 16.0 Å². The number of nitrogens with one attached hydrogen (secondary N) is 3. The number of halogens is 1. The fourth-order valence-corrected chi connectivity index (χ4v) is 6.02. The van der Waals surface area contributed by atoms with E-state index < -0.39 is 22.9 Å². The van der Waals surface area contributed by atoms with Crippen LogP contribution in [-0.4, -0.2) is 28.0 Å². The number of benzene rings is 4. The fraction of sp³-hybridized carbons (Fsp3) is 0.0909. The second kappa shape index (κ2) is 13.9. The monoisotopic (exact) mass is 610 g/mol. The topological polar surface area (TPSA) is 100 Å². The summed E-state index contributed by atoms with van der Waals surface area (Å²) in [6, 6.07) is 29.1. The lowest BCUT2D eigenvalue weighted by Crippen LogP contribution is -2.30. The lowest BCUT2D eigenvalue weighted by atomic mass is 10.1. The van der Waals surface area contributed by atoms with Gasteiger partial charge in [-0.1, -0.05) is 72.9 Å². The third-order valence-corrected chi connectivity index (χ3v) is 8.60. The van der Waals surface area contributed by atoms with Gasteiger partial charge in [-0.15, -0.1) is 11.8 Å². The number of fused-ring (bicyclic) bond motifs is 1. The number of hydrogen-bond acceptors (Lipinski definition) is 6. The Morgan fingerprint density at radius 3 is 2.42 bits per heavy atom. The molecule has 0 bridgehead atoms. The molecule has 4 aromatic carbocycles. The van der Waals surface area contributed by atoms with Gasteiger partial charge in [0.1, 0.15) is 11.5 Å². The maximum atomic E-state index is 14.4. The summed E-state index contributed by atoms with van der Waals surface area (Å²) < 4.78 is 15.4. The number of amides is 3. The number of thioether (sulfide) groups is 1. The van der Waals surface area contributed by atoms with E-state index in [4.69, 9.17) is 0 Å². The minimum atomic E-state index is -0.629. The van der Waals surface area contributed by atoms with E-state index in [2.05, 4.69) is 20.9 Å². The van der Waals surface area contributed by atoms with E-state index in [-0.39, 0.29) is 17.2 Å². The highest BCUT2D eigenvalue weighted by atomic mass is 32.2. The highest BCUT2D eigenvalue weighted by molar-refractivity contribution is 8.00. The number of para-hydroxylation sites is 1. The molecule has 0 aliphatic rings. The summed E-state index contributed by atoms with van der Waals surface area (Å²) in [6.07, 6.45) is 1.86. The Balaban J connectivity index is 1.30. The molecule has 43 heavy (non-hydrogen) atoms. The lowest BCUT2D eigenvalue weighted by molar-refractivity contribution is -0.116. The molecule has 0 saturated heterocycles. The van der Waals surface area contributed by atoms with Crippen LogP contribution >= 0.6 is 23.1 Å². The van der Waals surface area contributed by atoms with Gasteiger partial charge >= 0.3 is 0 Å². The van der Waals surface area contributed by atoms with Crippen LogP contribution in [0.5, 0.6) is 0 Å². The molecule has 0 aliphatic heterocycles. The number of rotatable bonds is 10. The van der Waals surface area contributed by atoms with Crippen molar-refractivity contribution in [1.29, 1.82) is 0 Å². The van der Waals surface area contributed by atoms with Crippen molar-refractivity contribution < 1.29 is 18.8 Å². The number of carbonyl (C=O) groups excluding carboxylic acids is 3. The average Bonchev–Trinajstić information content (AvgIpc) is 3.43. The van der Waals surface area contributed by atoms with E-state index in [1.807, 2.05) is 37.3 Å². The molecule has 3 amide bonds. The van der Waals surface area contributed by atoms with Crippen LogP contribution in [0.25, 0.3) is 16.3 Å². The summed E-state index contributed by atoms with van der Waals surface area (Å²) in [5.74, 6) is -1.84. The van der Waals surface area contributed by atoms with Gasteiger partial charge in [0, 0.05) is 21.7 Å². The van der Waals surface area contributed by atoms with Crippen LogP contribution in [0.4, 0.5) is 15.2 Å². The van der Waals surface area contributed by atoms with Gasteiger partial charge in [-0.25, -0.2) is 9.37 Å². The van der Waals surface area contributed by atoms with Crippen molar-refractivity contribution in [3.63, 3.8) is 0 Å². The fourth-order valence-electron chi connectivity index (χ4n) is 4.13. The van der Waals surface area contributed by atoms with Crippen molar-refractivity contribution in [2.24, 2.45) is 0 Å². The van der Waals surface area contributed by atoms with Gasteiger partial charge in [-0.3, -0.25) is 14.4 Å². The average molecular weight is 611 g/mol. The Morgan fingerprint density at radius 1 is 0.907 bits per heavy atom. The lowest BCUT2D eigenvalue weighted by Gasteiger charge is -2.15. The predicted molar refractivity (Wildman–Crippen MR) is 172 cm³/mol. The van der Waals surface area contributed by atoms with Crippen LogP contribution in [0.3, 0.4) is 0 Å². The molecular weight excluding hydrogens is 584 g/mol. The van der Waals surface area contributed by atoms with Crippen molar-refractivity contribution in [3.8, 4) is 0 Å². The Morgan fingerprint density at radius 2 is 1.65 bits per heavy atom. The molecule has 216 valence electrons. The Bertz CT molecular complexity index is 1770. The zero-order chi connectivity index (χ0) is 30.2.